The number of aliphatic carboxylic acids is 1. The highest BCUT2D eigenvalue weighted by molar-refractivity contribution is 7.17. The van der Waals surface area contributed by atoms with Gasteiger partial charge in [0.15, 0.2) is 5.78 Å². The molecule has 3 nitrogen and oxygen atoms in total. The number of fused-ring (bicyclic) bond motifs is 1. The fourth-order valence-corrected chi connectivity index (χ4v) is 3.78. The fourth-order valence-electron chi connectivity index (χ4n) is 2.83. The molecule has 0 saturated heterocycles. The Bertz CT molecular complexity index is 644. The first-order valence-corrected chi connectivity index (χ1v) is 7.28. The molecule has 0 bridgehead atoms. The Kier molecular flexibility index (Phi) is 3.11. The first kappa shape index (κ1) is 12.4. The zero-order valence-corrected chi connectivity index (χ0v) is 11.2. The van der Waals surface area contributed by atoms with Gasteiger partial charge < -0.3 is 5.11 Å². The molecule has 0 aliphatic heterocycles. The van der Waals surface area contributed by atoms with E-state index in [9.17, 15) is 9.59 Å². The Morgan fingerprint density at radius 3 is 2.63 bits per heavy atom. The van der Waals surface area contributed by atoms with Crippen LogP contribution in [0.1, 0.15) is 29.6 Å². The first-order chi connectivity index (χ1) is 9.16. The lowest BCUT2D eigenvalue weighted by molar-refractivity contribution is -0.141. The van der Waals surface area contributed by atoms with Crippen LogP contribution < -0.4 is 0 Å². The molecule has 1 aliphatic carbocycles. The van der Waals surface area contributed by atoms with Gasteiger partial charge in [0, 0.05) is 26.9 Å². The van der Waals surface area contributed by atoms with Gasteiger partial charge in [0.25, 0.3) is 0 Å². The lowest BCUT2D eigenvalue weighted by atomic mass is 9.95. The standard InChI is InChI=1S/C15H14O3S/c16-14(9-5-6-10(7-9)15(17)18)12-8-19-13-4-2-1-3-11(12)13/h1-4,8-10H,5-7H2,(H,17,18). The summed E-state index contributed by atoms with van der Waals surface area (Å²) in [6, 6.07) is 7.86. The second kappa shape index (κ2) is 4.78. The molecular formula is C15H14O3S. The number of ketones is 1. The van der Waals surface area contributed by atoms with E-state index >= 15 is 0 Å². The van der Waals surface area contributed by atoms with E-state index in [0.717, 1.165) is 15.6 Å². The zero-order valence-electron chi connectivity index (χ0n) is 10.3. The predicted molar refractivity (Wildman–Crippen MR) is 74.6 cm³/mol. The summed E-state index contributed by atoms with van der Waals surface area (Å²) < 4.78 is 1.11. The lowest BCUT2D eigenvalue weighted by Gasteiger charge is -2.07. The van der Waals surface area contributed by atoms with Crippen LogP contribution in [0.25, 0.3) is 10.1 Å². The first-order valence-electron chi connectivity index (χ1n) is 6.40. The van der Waals surface area contributed by atoms with Gasteiger partial charge >= 0.3 is 5.97 Å². The Labute approximate surface area is 114 Å². The minimum atomic E-state index is -0.773. The average Bonchev–Trinajstić information content (AvgIpc) is 3.05. The number of hydrogen-bond acceptors (Lipinski definition) is 3. The molecule has 1 fully saturated rings. The van der Waals surface area contributed by atoms with Crippen LogP contribution in [0.15, 0.2) is 29.6 Å². The topological polar surface area (TPSA) is 54.4 Å². The van der Waals surface area contributed by atoms with Crippen LogP contribution >= 0.6 is 11.3 Å². The molecule has 0 radical (unpaired) electrons. The molecule has 1 heterocycles. The second-order valence-corrected chi connectivity index (χ2v) is 5.97. The average molecular weight is 274 g/mol. The summed E-state index contributed by atoms with van der Waals surface area (Å²) in [7, 11) is 0. The fraction of sp³-hybridized carbons (Fsp3) is 0.333. The van der Waals surface area contributed by atoms with Crippen LogP contribution in [0.4, 0.5) is 0 Å². The third kappa shape index (κ3) is 2.16. The minimum absolute atomic E-state index is 0.112. The maximum Gasteiger partial charge on any atom is 0.306 e. The molecule has 1 aliphatic rings. The Balaban J connectivity index is 1.87. The van der Waals surface area contributed by atoms with Gasteiger partial charge in [-0.25, -0.2) is 0 Å². The number of thiophene rings is 1. The number of carboxylic acids is 1. The van der Waals surface area contributed by atoms with Gasteiger partial charge in [0.2, 0.25) is 0 Å². The SMILES string of the molecule is O=C(O)C1CCC(C(=O)c2csc3ccccc23)C1. The van der Waals surface area contributed by atoms with Crippen molar-refractivity contribution in [1.29, 1.82) is 0 Å². The van der Waals surface area contributed by atoms with Crippen molar-refractivity contribution in [3.63, 3.8) is 0 Å². The number of rotatable bonds is 3. The normalized spacial score (nSPS) is 22.7. The van der Waals surface area contributed by atoms with Crippen molar-refractivity contribution >= 4 is 33.2 Å². The van der Waals surface area contributed by atoms with Crippen molar-refractivity contribution in [2.75, 3.05) is 0 Å². The van der Waals surface area contributed by atoms with E-state index in [4.69, 9.17) is 5.11 Å². The summed E-state index contributed by atoms with van der Waals surface area (Å²) in [4.78, 5) is 23.5. The molecule has 1 aromatic heterocycles. The third-order valence-electron chi connectivity index (χ3n) is 3.90. The lowest BCUT2D eigenvalue weighted by Crippen LogP contribution is -2.14. The number of carbonyl (C=O) groups excluding carboxylic acids is 1. The highest BCUT2D eigenvalue weighted by Crippen LogP contribution is 2.36. The number of carbonyl (C=O) groups is 2. The van der Waals surface area contributed by atoms with Crippen LogP contribution in [0, 0.1) is 11.8 Å². The summed E-state index contributed by atoms with van der Waals surface area (Å²) in [6.07, 6.45) is 1.80. The van der Waals surface area contributed by atoms with Crippen molar-refractivity contribution in [3.05, 3.63) is 35.2 Å². The summed E-state index contributed by atoms with van der Waals surface area (Å²) >= 11 is 1.57. The van der Waals surface area contributed by atoms with E-state index < -0.39 is 5.97 Å². The molecule has 1 saturated carbocycles. The van der Waals surface area contributed by atoms with Crippen LogP contribution in [-0.2, 0) is 4.79 Å². The predicted octanol–water partition coefficient (Wildman–Crippen LogP) is 3.58. The molecule has 4 heteroatoms. The number of hydrogen-bond donors (Lipinski definition) is 1. The third-order valence-corrected chi connectivity index (χ3v) is 4.86. The molecule has 1 aromatic carbocycles. The molecule has 19 heavy (non-hydrogen) atoms. The maximum atomic E-state index is 12.5. The molecule has 2 aromatic rings. The highest BCUT2D eigenvalue weighted by atomic mass is 32.1. The molecular weight excluding hydrogens is 260 g/mol. The Morgan fingerprint density at radius 2 is 1.89 bits per heavy atom. The zero-order chi connectivity index (χ0) is 13.4. The number of benzene rings is 1. The highest BCUT2D eigenvalue weighted by Gasteiger charge is 2.34. The van der Waals surface area contributed by atoms with Crippen molar-refractivity contribution in [2.24, 2.45) is 11.8 Å². The van der Waals surface area contributed by atoms with Gasteiger partial charge in [0.1, 0.15) is 0 Å². The van der Waals surface area contributed by atoms with Crippen molar-refractivity contribution in [2.45, 2.75) is 19.3 Å². The van der Waals surface area contributed by atoms with Gasteiger partial charge in [0.05, 0.1) is 5.92 Å². The summed E-state index contributed by atoms with van der Waals surface area (Å²) in [5, 5.41) is 11.9. The minimum Gasteiger partial charge on any atom is -0.481 e. The summed E-state index contributed by atoms with van der Waals surface area (Å²) in [6.45, 7) is 0. The van der Waals surface area contributed by atoms with Gasteiger partial charge in [-0.1, -0.05) is 18.2 Å². The van der Waals surface area contributed by atoms with Crippen LogP contribution in [-0.4, -0.2) is 16.9 Å². The molecule has 0 amide bonds. The molecule has 2 unspecified atom stereocenters. The van der Waals surface area contributed by atoms with E-state index in [0.29, 0.717) is 19.3 Å². The van der Waals surface area contributed by atoms with Gasteiger partial charge in [-0.3, -0.25) is 9.59 Å². The van der Waals surface area contributed by atoms with Crippen molar-refractivity contribution in [1.82, 2.24) is 0 Å². The Hall–Kier alpha value is -1.68. The van der Waals surface area contributed by atoms with Crippen LogP contribution in [0.5, 0.6) is 0 Å². The van der Waals surface area contributed by atoms with E-state index in [1.807, 2.05) is 29.6 Å². The van der Waals surface area contributed by atoms with E-state index in [-0.39, 0.29) is 17.6 Å². The molecule has 98 valence electrons. The van der Waals surface area contributed by atoms with E-state index in [1.54, 1.807) is 11.3 Å². The van der Waals surface area contributed by atoms with E-state index in [2.05, 4.69) is 0 Å². The van der Waals surface area contributed by atoms with Gasteiger partial charge in [-0.05, 0) is 25.3 Å². The molecule has 3 rings (SSSR count). The molecule has 1 N–H and O–H groups in total. The van der Waals surface area contributed by atoms with Gasteiger partial charge in [-0.2, -0.15) is 0 Å². The monoisotopic (exact) mass is 274 g/mol. The summed E-state index contributed by atoms with van der Waals surface area (Å²) in [5.74, 6) is -1.13. The van der Waals surface area contributed by atoms with Crippen molar-refractivity contribution in [3.8, 4) is 0 Å². The van der Waals surface area contributed by atoms with Crippen molar-refractivity contribution < 1.29 is 14.7 Å². The van der Waals surface area contributed by atoms with Crippen LogP contribution in [0.2, 0.25) is 0 Å². The maximum absolute atomic E-state index is 12.5. The smallest absolute Gasteiger partial charge is 0.306 e. The summed E-state index contributed by atoms with van der Waals surface area (Å²) in [5.41, 5.74) is 0.761. The number of Topliss-reactive ketones (excluding diaryl/α,β-unsaturated/α-hetero) is 1. The quantitative estimate of drug-likeness (QED) is 0.870. The number of carboxylic acid groups (broad SMARTS) is 1. The second-order valence-electron chi connectivity index (χ2n) is 5.05. The molecule has 0 spiro atoms. The largest absolute Gasteiger partial charge is 0.481 e. The van der Waals surface area contributed by atoms with Crippen LogP contribution in [0.3, 0.4) is 0 Å². The van der Waals surface area contributed by atoms with E-state index in [1.165, 1.54) is 0 Å². The Morgan fingerprint density at radius 1 is 1.16 bits per heavy atom. The van der Waals surface area contributed by atoms with Gasteiger partial charge in [-0.15, -0.1) is 11.3 Å². The molecule has 2 atom stereocenters.